The number of aryl methyl sites for hydroxylation is 1. The van der Waals surface area contributed by atoms with Crippen molar-refractivity contribution >= 4 is 11.8 Å². The first-order valence-electron chi connectivity index (χ1n) is 10.1. The average molecular weight is 483 g/mol. The zero-order chi connectivity index (χ0) is 23.7. The molecule has 0 aliphatic heterocycles. The van der Waals surface area contributed by atoms with E-state index in [-0.39, 0.29) is 5.82 Å². The van der Waals surface area contributed by atoms with Crippen LogP contribution in [0.2, 0.25) is 0 Å². The molecule has 0 amide bonds. The third-order valence-corrected chi connectivity index (χ3v) is 5.92. The van der Waals surface area contributed by atoms with Gasteiger partial charge in [0.15, 0.2) is 11.0 Å². The van der Waals surface area contributed by atoms with Crippen LogP contribution in [-0.2, 0) is 11.9 Å². The van der Waals surface area contributed by atoms with Gasteiger partial charge in [0.1, 0.15) is 5.76 Å². The number of rotatable bonds is 6. The molecule has 11 heteroatoms. The third-order valence-electron chi connectivity index (χ3n) is 5.01. The standard InChI is InChI=1S/C23H16F3N5O2S/c1-14-18(11-12-32-14)21-28-29-22(31(21)17-5-3-2-4-6-17)34-13-19-27-20(30-33-19)15-7-9-16(10-8-15)23(24,25)26/h2-12H,13H2,1H3. The van der Waals surface area contributed by atoms with E-state index in [4.69, 9.17) is 8.94 Å². The van der Waals surface area contributed by atoms with Gasteiger partial charge in [0.25, 0.3) is 0 Å². The van der Waals surface area contributed by atoms with Crippen LogP contribution in [0, 0.1) is 6.92 Å². The summed E-state index contributed by atoms with van der Waals surface area (Å²) in [5.41, 5.74) is 1.39. The maximum Gasteiger partial charge on any atom is 0.416 e. The van der Waals surface area contributed by atoms with Crippen molar-refractivity contribution < 1.29 is 22.1 Å². The van der Waals surface area contributed by atoms with Crippen molar-refractivity contribution in [1.29, 1.82) is 0 Å². The molecule has 2 aromatic carbocycles. The lowest BCUT2D eigenvalue weighted by molar-refractivity contribution is -0.137. The van der Waals surface area contributed by atoms with Gasteiger partial charge in [0, 0.05) is 11.3 Å². The lowest BCUT2D eigenvalue weighted by Gasteiger charge is -2.09. The number of hydrogen-bond acceptors (Lipinski definition) is 7. The van der Waals surface area contributed by atoms with Gasteiger partial charge >= 0.3 is 6.18 Å². The van der Waals surface area contributed by atoms with Crippen LogP contribution in [0.1, 0.15) is 17.2 Å². The Balaban J connectivity index is 1.39. The van der Waals surface area contributed by atoms with Crippen LogP contribution in [0.25, 0.3) is 28.5 Å². The molecule has 7 nitrogen and oxygen atoms in total. The molecule has 0 unspecified atom stereocenters. The Labute approximate surface area is 195 Å². The predicted octanol–water partition coefficient (Wildman–Crippen LogP) is 6.20. The Morgan fingerprint density at radius 1 is 0.971 bits per heavy atom. The van der Waals surface area contributed by atoms with Gasteiger partial charge in [0.05, 0.1) is 23.1 Å². The molecular formula is C23H16F3N5O2S. The molecule has 0 saturated heterocycles. The van der Waals surface area contributed by atoms with Crippen molar-refractivity contribution in [3.8, 4) is 28.5 Å². The fraction of sp³-hybridized carbons (Fsp3) is 0.130. The van der Waals surface area contributed by atoms with Crippen LogP contribution in [-0.4, -0.2) is 24.9 Å². The van der Waals surface area contributed by atoms with Crippen molar-refractivity contribution in [2.75, 3.05) is 0 Å². The molecule has 0 spiro atoms. The highest BCUT2D eigenvalue weighted by Crippen LogP contribution is 2.32. The number of aromatic nitrogens is 5. The van der Waals surface area contributed by atoms with Crippen LogP contribution in [0.15, 0.2) is 81.0 Å². The Bertz CT molecular complexity index is 1410. The molecule has 0 aliphatic carbocycles. The number of nitrogens with zero attached hydrogens (tertiary/aromatic N) is 5. The molecule has 5 rings (SSSR count). The number of benzene rings is 2. The first kappa shape index (κ1) is 22.0. The lowest BCUT2D eigenvalue weighted by atomic mass is 10.1. The van der Waals surface area contributed by atoms with Gasteiger partial charge in [0.2, 0.25) is 11.7 Å². The van der Waals surface area contributed by atoms with Crippen molar-refractivity contribution in [3.05, 3.63) is 84.1 Å². The van der Waals surface area contributed by atoms with Crippen LogP contribution < -0.4 is 0 Å². The van der Waals surface area contributed by atoms with E-state index >= 15 is 0 Å². The van der Waals surface area contributed by atoms with Crippen LogP contribution in [0.5, 0.6) is 0 Å². The molecular weight excluding hydrogens is 467 g/mol. The maximum atomic E-state index is 12.8. The second-order valence-corrected chi connectivity index (χ2v) is 8.19. The van der Waals surface area contributed by atoms with Crippen LogP contribution in [0.4, 0.5) is 13.2 Å². The van der Waals surface area contributed by atoms with Gasteiger partial charge in [-0.3, -0.25) is 4.57 Å². The zero-order valence-electron chi connectivity index (χ0n) is 17.7. The normalized spacial score (nSPS) is 11.8. The summed E-state index contributed by atoms with van der Waals surface area (Å²) in [5, 5.41) is 13.2. The quantitative estimate of drug-likeness (QED) is 0.266. The average Bonchev–Trinajstić information content (AvgIpc) is 3.57. The fourth-order valence-electron chi connectivity index (χ4n) is 3.33. The number of thioether (sulfide) groups is 1. The van der Waals surface area contributed by atoms with Gasteiger partial charge in [-0.05, 0) is 37.3 Å². The molecule has 0 N–H and O–H groups in total. The van der Waals surface area contributed by atoms with Gasteiger partial charge in [-0.25, -0.2) is 0 Å². The van der Waals surface area contributed by atoms with E-state index in [1.54, 1.807) is 6.26 Å². The van der Waals surface area contributed by atoms with Gasteiger partial charge in [-0.1, -0.05) is 47.3 Å². The molecule has 0 aliphatic rings. The summed E-state index contributed by atoms with van der Waals surface area (Å²) in [6.45, 7) is 1.85. The second kappa shape index (κ2) is 8.82. The second-order valence-electron chi connectivity index (χ2n) is 7.24. The van der Waals surface area contributed by atoms with Crippen molar-refractivity contribution in [2.45, 2.75) is 24.0 Å². The molecule has 0 atom stereocenters. The fourth-order valence-corrected chi connectivity index (χ4v) is 4.12. The highest BCUT2D eigenvalue weighted by Gasteiger charge is 2.30. The minimum atomic E-state index is -4.40. The van der Waals surface area contributed by atoms with E-state index in [0.29, 0.717) is 28.2 Å². The topological polar surface area (TPSA) is 82.8 Å². The van der Waals surface area contributed by atoms with Crippen molar-refractivity contribution in [3.63, 3.8) is 0 Å². The number of para-hydroxylation sites is 1. The lowest BCUT2D eigenvalue weighted by Crippen LogP contribution is -2.04. The number of alkyl halides is 3. The molecule has 0 fully saturated rings. The number of halogens is 3. The van der Waals surface area contributed by atoms with Gasteiger partial charge in [-0.2, -0.15) is 18.2 Å². The largest absolute Gasteiger partial charge is 0.469 e. The third kappa shape index (κ3) is 4.34. The van der Waals surface area contributed by atoms with Gasteiger partial charge < -0.3 is 8.94 Å². The Morgan fingerprint density at radius 3 is 2.41 bits per heavy atom. The maximum absolute atomic E-state index is 12.8. The van der Waals surface area contributed by atoms with E-state index in [0.717, 1.165) is 29.1 Å². The molecule has 0 bridgehead atoms. The highest BCUT2D eigenvalue weighted by atomic mass is 32.2. The van der Waals surface area contributed by atoms with Crippen molar-refractivity contribution in [2.24, 2.45) is 0 Å². The minimum absolute atomic E-state index is 0.212. The highest BCUT2D eigenvalue weighted by molar-refractivity contribution is 7.98. The summed E-state index contributed by atoms with van der Waals surface area (Å²) >= 11 is 1.35. The molecule has 172 valence electrons. The van der Waals surface area contributed by atoms with Crippen LogP contribution >= 0.6 is 11.8 Å². The summed E-state index contributed by atoms with van der Waals surface area (Å²) in [6.07, 6.45) is -2.80. The molecule has 0 radical (unpaired) electrons. The smallest absolute Gasteiger partial charge is 0.416 e. The van der Waals surface area contributed by atoms with E-state index < -0.39 is 11.7 Å². The summed E-state index contributed by atoms with van der Waals surface area (Å²) in [6, 6.07) is 16.1. The molecule has 3 heterocycles. The molecule has 0 saturated carbocycles. The molecule has 3 aromatic heterocycles. The Hall–Kier alpha value is -3.86. The monoisotopic (exact) mass is 483 g/mol. The first-order chi connectivity index (χ1) is 16.4. The SMILES string of the molecule is Cc1occc1-c1nnc(SCc2nc(-c3ccc(C(F)(F)F)cc3)no2)n1-c1ccccc1. The van der Waals surface area contributed by atoms with Crippen LogP contribution in [0.3, 0.4) is 0 Å². The van der Waals surface area contributed by atoms with E-state index in [2.05, 4.69) is 20.3 Å². The summed E-state index contributed by atoms with van der Waals surface area (Å²) in [4.78, 5) is 4.31. The summed E-state index contributed by atoms with van der Waals surface area (Å²) in [7, 11) is 0. The predicted molar refractivity (Wildman–Crippen MR) is 118 cm³/mol. The van der Waals surface area contributed by atoms with E-state index in [9.17, 15) is 13.2 Å². The van der Waals surface area contributed by atoms with E-state index in [1.165, 1.54) is 23.9 Å². The summed E-state index contributed by atoms with van der Waals surface area (Å²) < 4.78 is 51.0. The Kier molecular flexibility index (Phi) is 5.70. The van der Waals surface area contributed by atoms with Gasteiger partial charge in [-0.15, -0.1) is 10.2 Å². The zero-order valence-corrected chi connectivity index (χ0v) is 18.5. The molecule has 34 heavy (non-hydrogen) atoms. The Morgan fingerprint density at radius 2 is 1.74 bits per heavy atom. The van der Waals surface area contributed by atoms with Crippen molar-refractivity contribution in [1.82, 2.24) is 24.9 Å². The number of hydrogen-bond donors (Lipinski definition) is 0. The first-order valence-corrected chi connectivity index (χ1v) is 11.1. The molecule has 5 aromatic rings. The number of furan rings is 1. The van der Waals surface area contributed by atoms with E-state index in [1.807, 2.05) is 47.9 Å². The summed E-state index contributed by atoms with van der Waals surface area (Å²) in [5.74, 6) is 2.17. The minimum Gasteiger partial charge on any atom is -0.469 e.